The Balaban J connectivity index is 2.43. The molecule has 1 fully saturated rings. The molecule has 1 aliphatic heterocycles. The Labute approximate surface area is 113 Å². The summed E-state index contributed by atoms with van der Waals surface area (Å²) in [7, 11) is 1.58. The first-order chi connectivity index (χ1) is 9.17. The summed E-state index contributed by atoms with van der Waals surface area (Å²) >= 11 is 0. The predicted octanol–water partition coefficient (Wildman–Crippen LogP) is 1.42. The molecule has 0 amide bonds. The third-order valence-electron chi connectivity index (χ3n) is 3.59. The van der Waals surface area contributed by atoms with Gasteiger partial charge in [-0.2, -0.15) is 0 Å². The van der Waals surface area contributed by atoms with E-state index in [9.17, 15) is 9.90 Å². The molecule has 3 N–H and O–H groups in total. The normalized spacial score (nSPS) is 16.4. The summed E-state index contributed by atoms with van der Waals surface area (Å²) in [5.41, 5.74) is 7.34. The van der Waals surface area contributed by atoms with Crippen LogP contribution < -0.4 is 15.4 Å². The zero-order chi connectivity index (χ0) is 13.8. The van der Waals surface area contributed by atoms with Gasteiger partial charge < -0.3 is 20.5 Å². The monoisotopic (exact) mass is 264 g/mol. The number of methoxy groups -OCH3 is 1. The van der Waals surface area contributed by atoms with E-state index in [0.717, 1.165) is 37.2 Å². The maximum atomic E-state index is 11.4. The van der Waals surface area contributed by atoms with E-state index in [2.05, 4.69) is 4.90 Å². The van der Waals surface area contributed by atoms with Crippen molar-refractivity contribution in [2.24, 2.45) is 5.73 Å². The Morgan fingerprint density at radius 2 is 2.16 bits per heavy atom. The molecule has 0 aliphatic carbocycles. The molecule has 104 valence electrons. The predicted molar refractivity (Wildman–Crippen MR) is 73.9 cm³/mol. The van der Waals surface area contributed by atoms with Crippen molar-refractivity contribution in [3.63, 3.8) is 0 Å². The number of carboxylic acid groups (broad SMARTS) is 1. The topological polar surface area (TPSA) is 75.8 Å². The highest BCUT2D eigenvalue weighted by Crippen LogP contribution is 2.33. The summed E-state index contributed by atoms with van der Waals surface area (Å²) in [6.07, 6.45) is 2.29. The van der Waals surface area contributed by atoms with Gasteiger partial charge in [0.05, 0.1) is 13.0 Å². The van der Waals surface area contributed by atoms with Gasteiger partial charge in [0.25, 0.3) is 0 Å². The molecule has 5 heteroatoms. The minimum absolute atomic E-state index is 0.0866. The lowest BCUT2D eigenvalue weighted by Gasteiger charge is -2.24. The van der Waals surface area contributed by atoms with Gasteiger partial charge in [-0.25, -0.2) is 0 Å². The van der Waals surface area contributed by atoms with E-state index in [1.165, 1.54) is 0 Å². The smallest absolute Gasteiger partial charge is 0.312 e. The fourth-order valence-corrected chi connectivity index (χ4v) is 2.55. The van der Waals surface area contributed by atoms with Crippen LogP contribution in [0, 0.1) is 0 Å². The van der Waals surface area contributed by atoms with Crippen LogP contribution in [-0.2, 0) is 4.79 Å². The number of hydrogen-bond acceptors (Lipinski definition) is 4. The number of rotatable bonds is 5. The van der Waals surface area contributed by atoms with Gasteiger partial charge in [-0.1, -0.05) is 0 Å². The van der Waals surface area contributed by atoms with Crippen molar-refractivity contribution in [3.8, 4) is 5.75 Å². The molecule has 1 unspecified atom stereocenters. The summed E-state index contributed by atoms with van der Waals surface area (Å²) in [6, 6.07) is 5.59. The molecule has 1 saturated heterocycles. The van der Waals surface area contributed by atoms with Gasteiger partial charge in [0.15, 0.2) is 0 Å². The number of nitrogens with two attached hydrogens (primary N) is 1. The number of aliphatic carboxylic acids is 1. The van der Waals surface area contributed by atoms with E-state index < -0.39 is 11.9 Å². The number of nitrogens with zero attached hydrogens (tertiary/aromatic N) is 1. The van der Waals surface area contributed by atoms with Crippen LogP contribution in [0.15, 0.2) is 18.2 Å². The van der Waals surface area contributed by atoms with Crippen molar-refractivity contribution >= 4 is 11.7 Å². The van der Waals surface area contributed by atoms with Crippen LogP contribution in [0.4, 0.5) is 5.69 Å². The van der Waals surface area contributed by atoms with Crippen LogP contribution >= 0.6 is 0 Å². The van der Waals surface area contributed by atoms with E-state index in [0.29, 0.717) is 5.75 Å². The highest BCUT2D eigenvalue weighted by molar-refractivity contribution is 5.80. The molecular weight excluding hydrogens is 244 g/mol. The average Bonchev–Trinajstić information content (AvgIpc) is 2.92. The standard InChI is InChI=1S/C14H20N2O3/c1-19-10-4-5-13(16-6-2-3-7-16)11(8-10)12(9-15)14(17)18/h4-5,8,12H,2-3,6-7,9,15H2,1H3,(H,17,18). The number of anilines is 1. The second kappa shape index (κ2) is 5.93. The molecule has 19 heavy (non-hydrogen) atoms. The Bertz CT molecular complexity index is 456. The SMILES string of the molecule is COc1ccc(N2CCCC2)c(C(CN)C(=O)O)c1. The lowest BCUT2D eigenvalue weighted by molar-refractivity contribution is -0.138. The van der Waals surface area contributed by atoms with Crippen LogP contribution in [0.2, 0.25) is 0 Å². The molecule has 0 saturated carbocycles. The zero-order valence-corrected chi connectivity index (χ0v) is 11.1. The van der Waals surface area contributed by atoms with E-state index in [1.807, 2.05) is 12.1 Å². The van der Waals surface area contributed by atoms with Crippen molar-refractivity contribution in [1.29, 1.82) is 0 Å². The highest BCUT2D eigenvalue weighted by atomic mass is 16.5. The quantitative estimate of drug-likeness (QED) is 0.841. The number of hydrogen-bond donors (Lipinski definition) is 2. The molecular formula is C14H20N2O3. The average molecular weight is 264 g/mol. The van der Waals surface area contributed by atoms with Gasteiger partial charge in [-0.15, -0.1) is 0 Å². The minimum Gasteiger partial charge on any atom is -0.497 e. The van der Waals surface area contributed by atoms with E-state index in [1.54, 1.807) is 13.2 Å². The second-order valence-corrected chi connectivity index (χ2v) is 4.75. The van der Waals surface area contributed by atoms with Crippen molar-refractivity contribution in [2.45, 2.75) is 18.8 Å². The van der Waals surface area contributed by atoms with Crippen LogP contribution in [-0.4, -0.2) is 37.8 Å². The summed E-state index contributed by atoms with van der Waals surface area (Å²) in [6.45, 7) is 2.02. The fraction of sp³-hybridized carbons (Fsp3) is 0.500. The highest BCUT2D eigenvalue weighted by Gasteiger charge is 2.25. The zero-order valence-electron chi connectivity index (χ0n) is 11.1. The van der Waals surface area contributed by atoms with Gasteiger partial charge in [0.1, 0.15) is 5.75 Å². The Morgan fingerprint density at radius 1 is 1.47 bits per heavy atom. The van der Waals surface area contributed by atoms with Crippen molar-refractivity contribution in [2.75, 3.05) is 31.6 Å². The van der Waals surface area contributed by atoms with Crippen molar-refractivity contribution in [3.05, 3.63) is 23.8 Å². The second-order valence-electron chi connectivity index (χ2n) is 4.75. The van der Waals surface area contributed by atoms with Crippen molar-refractivity contribution in [1.82, 2.24) is 0 Å². The van der Waals surface area contributed by atoms with Crippen molar-refractivity contribution < 1.29 is 14.6 Å². The summed E-state index contributed by atoms with van der Waals surface area (Å²) in [4.78, 5) is 13.6. The maximum absolute atomic E-state index is 11.4. The minimum atomic E-state index is -0.892. The van der Waals surface area contributed by atoms with E-state index in [-0.39, 0.29) is 6.54 Å². The molecule has 2 rings (SSSR count). The third-order valence-corrected chi connectivity index (χ3v) is 3.59. The number of ether oxygens (including phenoxy) is 1. The molecule has 1 atom stereocenters. The molecule has 0 aromatic heterocycles. The van der Waals surface area contributed by atoms with Crippen LogP contribution in [0.25, 0.3) is 0 Å². The Morgan fingerprint density at radius 3 is 2.68 bits per heavy atom. The molecule has 0 bridgehead atoms. The Hall–Kier alpha value is -1.75. The van der Waals surface area contributed by atoms with Crippen LogP contribution in [0.5, 0.6) is 5.75 Å². The number of carbonyl (C=O) groups is 1. The number of carboxylic acids is 1. The summed E-state index contributed by atoms with van der Waals surface area (Å²) < 4.78 is 5.19. The molecule has 1 aliphatic rings. The Kier molecular flexibility index (Phi) is 4.27. The molecule has 1 aromatic carbocycles. The number of benzene rings is 1. The molecule has 0 radical (unpaired) electrons. The fourth-order valence-electron chi connectivity index (χ4n) is 2.55. The van der Waals surface area contributed by atoms with Gasteiger partial charge in [-0.05, 0) is 36.6 Å². The first-order valence-corrected chi connectivity index (χ1v) is 6.53. The van der Waals surface area contributed by atoms with Gasteiger partial charge >= 0.3 is 5.97 Å². The summed E-state index contributed by atoms with van der Waals surface area (Å²) in [5, 5.41) is 9.32. The third kappa shape index (κ3) is 2.81. The van der Waals surface area contributed by atoms with Gasteiger partial charge in [0, 0.05) is 25.3 Å². The van der Waals surface area contributed by atoms with E-state index in [4.69, 9.17) is 10.5 Å². The molecule has 0 spiro atoms. The molecule has 5 nitrogen and oxygen atoms in total. The van der Waals surface area contributed by atoms with Gasteiger partial charge in [0.2, 0.25) is 0 Å². The summed E-state index contributed by atoms with van der Waals surface area (Å²) in [5.74, 6) is -0.917. The lowest BCUT2D eigenvalue weighted by atomic mass is 9.96. The van der Waals surface area contributed by atoms with E-state index >= 15 is 0 Å². The lowest BCUT2D eigenvalue weighted by Crippen LogP contribution is -2.26. The van der Waals surface area contributed by atoms with Gasteiger partial charge in [-0.3, -0.25) is 4.79 Å². The molecule has 1 aromatic rings. The van der Waals surface area contributed by atoms with Crippen LogP contribution in [0.3, 0.4) is 0 Å². The first kappa shape index (κ1) is 13.7. The molecule has 1 heterocycles. The first-order valence-electron chi connectivity index (χ1n) is 6.53. The maximum Gasteiger partial charge on any atom is 0.312 e. The largest absolute Gasteiger partial charge is 0.497 e. The van der Waals surface area contributed by atoms with Crippen LogP contribution in [0.1, 0.15) is 24.3 Å².